The molecule has 0 amide bonds. The molecular weight excluding hydrogens is 426 g/mol. The molecule has 0 aliphatic carbocycles. The molecule has 0 unspecified atom stereocenters. The minimum atomic E-state index is -0.945. The number of aryl methyl sites for hydroxylation is 1. The molecule has 0 bridgehead atoms. The van der Waals surface area contributed by atoms with E-state index in [0.29, 0.717) is 36.9 Å². The van der Waals surface area contributed by atoms with Gasteiger partial charge in [-0.25, -0.2) is 9.97 Å². The fraction of sp³-hybridized carbons (Fsp3) is 0.391. The van der Waals surface area contributed by atoms with Gasteiger partial charge in [-0.3, -0.25) is 14.5 Å². The minimum absolute atomic E-state index is 0.0528. The number of rotatable bonds is 8. The summed E-state index contributed by atoms with van der Waals surface area (Å²) in [5, 5.41) is 20.1. The van der Waals surface area contributed by atoms with Crippen LogP contribution in [0.5, 0.6) is 5.75 Å². The van der Waals surface area contributed by atoms with E-state index in [1.165, 1.54) is 0 Å². The van der Waals surface area contributed by atoms with Crippen LogP contribution >= 0.6 is 0 Å². The van der Waals surface area contributed by atoms with Crippen LogP contribution in [0, 0.1) is 0 Å². The van der Waals surface area contributed by atoms with Crippen molar-refractivity contribution in [2.45, 2.75) is 25.4 Å². The average molecular weight is 453 g/mol. The zero-order valence-electron chi connectivity index (χ0n) is 18.4. The van der Waals surface area contributed by atoms with Crippen molar-refractivity contribution in [1.29, 1.82) is 0 Å². The van der Waals surface area contributed by atoms with Crippen molar-refractivity contribution in [3.05, 3.63) is 48.4 Å². The van der Waals surface area contributed by atoms with E-state index in [-0.39, 0.29) is 13.0 Å². The molecule has 4 rings (SSSR count). The summed E-state index contributed by atoms with van der Waals surface area (Å²) in [6, 6.07) is 6.35. The summed E-state index contributed by atoms with van der Waals surface area (Å²) in [5.74, 6) is -0.592. The van der Waals surface area contributed by atoms with Crippen LogP contribution in [0.1, 0.15) is 24.4 Å². The Labute approximate surface area is 191 Å². The molecule has 1 saturated heterocycles. The van der Waals surface area contributed by atoms with Crippen molar-refractivity contribution in [1.82, 2.24) is 19.4 Å². The SMILES string of the molecule is COc1ccc2c(c1)c([C@@H](C(=O)O)N1CCCN(c3ncccn3)CC1)cn2CCC(=O)O. The number of hydrogen-bond donors (Lipinski definition) is 2. The Bertz CT molecular complexity index is 1130. The molecule has 2 N–H and O–H groups in total. The lowest BCUT2D eigenvalue weighted by atomic mass is 10.0. The van der Waals surface area contributed by atoms with Gasteiger partial charge in [0.1, 0.15) is 11.8 Å². The van der Waals surface area contributed by atoms with Crippen LogP contribution in [0.2, 0.25) is 0 Å². The molecule has 0 spiro atoms. The van der Waals surface area contributed by atoms with Crippen LogP contribution in [0.15, 0.2) is 42.9 Å². The molecule has 33 heavy (non-hydrogen) atoms. The lowest BCUT2D eigenvalue weighted by Crippen LogP contribution is -2.37. The Kier molecular flexibility index (Phi) is 6.74. The first-order valence-corrected chi connectivity index (χ1v) is 10.9. The zero-order valence-corrected chi connectivity index (χ0v) is 18.4. The van der Waals surface area contributed by atoms with Crippen molar-refractivity contribution < 1.29 is 24.5 Å². The Morgan fingerprint density at radius 1 is 1.12 bits per heavy atom. The normalized spacial score (nSPS) is 15.8. The first-order valence-electron chi connectivity index (χ1n) is 10.9. The van der Waals surface area contributed by atoms with E-state index in [1.807, 2.05) is 21.6 Å². The van der Waals surface area contributed by atoms with Gasteiger partial charge in [0.2, 0.25) is 5.95 Å². The largest absolute Gasteiger partial charge is 0.497 e. The molecule has 0 radical (unpaired) electrons. The number of carboxylic acids is 2. The molecule has 1 aliphatic heterocycles. The van der Waals surface area contributed by atoms with Crippen molar-refractivity contribution in [2.75, 3.05) is 38.2 Å². The Hall–Kier alpha value is -3.66. The van der Waals surface area contributed by atoms with Gasteiger partial charge in [0.15, 0.2) is 0 Å². The van der Waals surface area contributed by atoms with Gasteiger partial charge in [0.25, 0.3) is 0 Å². The molecule has 2 aromatic heterocycles. The molecular formula is C23H27N5O5. The molecule has 1 atom stereocenters. The molecule has 1 fully saturated rings. The van der Waals surface area contributed by atoms with E-state index in [2.05, 4.69) is 14.9 Å². The lowest BCUT2D eigenvalue weighted by molar-refractivity contribution is -0.143. The van der Waals surface area contributed by atoms with Crippen molar-refractivity contribution >= 4 is 28.8 Å². The molecule has 10 nitrogen and oxygen atoms in total. The topological polar surface area (TPSA) is 121 Å². The highest BCUT2D eigenvalue weighted by Crippen LogP contribution is 2.34. The van der Waals surface area contributed by atoms with Crippen molar-refractivity contribution in [3.63, 3.8) is 0 Å². The third kappa shape index (κ3) is 4.90. The molecule has 1 aliphatic rings. The van der Waals surface area contributed by atoms with E-state index < -0.39 is 18.0 Å². The van der Waals surface area contributed by atoms with Gasteiger partial charge in [0, 0.05) is 67.8 Å². The first-order chi connectivity index (χ1) is 16.0. The Morgan fingerprint density at radius 2 is 1.91 bits per heavy atom. The average Bonchev–Trinajstić information content (AvgIpc) is 2.99. The van der Waals surface area contributed by atoms with Crippen molar-refractivity contribution in [2.24, 2.45) is 0 Å². The summed E-state index contributed by atoms with van der Waals surface area (Å²) in [7, 11) is 1.56. The van der Waals surface area contributed by atoms with E-state index in [9.17, 15) is 14.7 Å². The van der Waals surface area contributed by atoms with Gasteiger partial charge < -0.3 is 24.4 Å². The van der Waals surface area contributed by atoms with Crippen LogP contribution in [0.25, 0.3) is 10.9 Å². The number of hydrogen-bond acceptors (Lipinski definition) is 7. The number of aromatic nitrogens is 3. The zero-order chi connectivity index (χ0) is 23.4. The van der Waals surface area contributed by atoms with E-state index in [0.717, 1.165) is 23.9 Å². The van der Waals surface area contributed by atoms with Crippen molar-refractivity contribution in [3.8, 4) is 5.75 Å². The number of aliphatic carboxylic acids is 2. The van der Waals surface area contributed by atoms with Crippen LogP contribution in [-0.2, 0) is 16.1 Å². The maximum Gasteiger partial charge on any atom is 0.325 e. The third-order valence-electron chi connectivity index (χ3n) is 5.94. The van der Waals surface area contributed by atoms with Crippen LogP contribution < -0.4 is 9.64 Å². The van der Waals surface area contributed by atoms with E-state index >= 15 is 0 Å². The predicted molar refractivity (Wildman–Crippen MR) is 122 cm³/mol. The molecule has 10 heteroatoms. The maximum atomic E-state index is 12.5. The summed E-state index contributed by atoms with van der Waals surface area (Å²) in [6.07, 6.45) is 5.88. The number of methoxy groups -OCH3 is 1. The second-order valence-electron chi connectivity index (χ2n) is 7.97. The second kappa shape index (κ2) is 9.86. The number of anilines is 1. The molecule has 0 saturated carbocycles. The summed E-state index contributed by atoms with van der Waals surface area (Å²) >= 11 is 0. The standard InChI is InChI=1S/C23H27N5O5/c1-33-16-4-5-19-17(14-16)18(15-28(19)11-6-20(29)30)21(22(31)32)26-9-3-10-27(13-12-26)23-24-7-2-8-25-23/h2,4-5,7-8,14-15,21H,3,6,9-13H2,1H3,(H,29,30)(H,31,32)/t21-/m0/s1. The number of fused-ring (bicyclic) bond motifs is 1. The first kappa shape index (κ1) is 22.5. The lowest BCUT2D eigenvalue weighted by Gasteiger charge is -2.27. The van der Waals surface area contributed by atoms with E-state index in [1.54, 1.807) is 37.8 Å². The monoisotopic (exact) mass is 453 g/mol. The molecule has 1 aromatic carbocycles. The summed E-state index contributed by atoms with van der Waals surface area (Å²) < 4.78 is 7.18. The maximum absolute atomic E-state index is 12.5. The van der Waals surface area contributed by atoms with Gasteiger partial charge in [-0.05, 0) is 30.7 Å². The number of benzene rings is 1. The highest BCUT2D eigenvalue weighted by Gasteiger charge is 2.32. The molecule has 3 aromatic rings. The summed E-state index contributed by atoms with van der Waals surface area (Å²) in [6.45, 7) is 2.73. The minimum Gasteiger partial charge on any atom is -0.497 e. The van der Waals surface area contributed by atoms with Gasteiger partial charge in [-0.1, -0.05) is 0 Å². The van der Waals surface area contributed by atoms with Crippen LogP contribution in [0.4, 0.5) is 5.95 Å². The van der Waals surface area contributed by atoms with Gasteiger partial charge >= 0.3 is 11.9 Å². The highest BCUT2D eigenvalue weighted by atomic mass is 16.5. The predicted octanol–water partition coefficient (Wildman–Crippen LogP) is 2.25. The number of carbonyl (C=O) groups is 2. The number of ether oxygens (including phenoxy) is 1. The van der Waals surface area contributed by atoms with Gasteiger partial charge in [-0.15, -0.1) is 0 Å². The Morgan fingerprint density at radius 3 is 2.61 bits per heavy atom. The highest BCUT2D eigenvalue weighted by molar-refractivity contribution is 5.90. The summed E-state index contributed by atoms with van der Waals surface area (Å²) in [4.78, 5) is 36.3. The fourth-order valence-corrected chi connectivity index (χ4v) is 4.39. The Balaban J connectivity index is 1.67. The quantitative estimate of drug-likeness (QED) is 0.529. The van der Waals surface area contributed by atoms with Gasteiger partial charge in [0.05, 0.1) is 13.5 Å². The van der Waals surface area contributed by atoms with Crippen LogP contribution in [0.3, 0.4) is 0 Å². The summed E-state index contributed by atoms with van der Waals surface area (Å²) in [5.41, 5.74) is 1.42. The fourth-order valence-electron chi connectivity index (χ4n) is 4.39. The van der Waals surface area contributed by atoms with Gasteiger partial charge in [-0.2, -0.15) is 0 Å². The molecule has 174 valence electrons. The van der Waals surface area contributed by atoms with Crippen LogP contribution in [-0.4, -0.2) is 74.9 Å². The smallest absolute Gasteiger partial charge is 0.325 e. The second-order valence-corrected chi connectivity index (χ2v) is 7.97. The van der Waals surface area contributed by atoms with E-state index in [4.69, 9.17) is 9.84 Å². The number of carboxylic acid groups (broad SMARTS) is 2. The molecule has 3 heterocycles. The number of nitrogens with zero attached hydrogens (tertiary/aromatic N) is 5. The third-order valence-corrected chi connectivity index (χ3v) is 5.94.